The second-order valence-electron chi connectivity index (χ2n) is 1.42. The minimum absolute atomic E-state index is 0.0671. The summed E-state index contributed by atoms with van der Waals surface area (Å²) in [6, 6.07) is -0.896. The summed E-state index contributed by atoms with van der Waals surface area (Å²) in [4.78, 5) is 19.3. The number of carboxylic acids is 1. The summed E-state index contributed by atoms with van der Waals surface area (Å²) in [5.74, 6) is -1.28. The molecule has 0 aliphatic carbocycles. The number of hydrogen-bond donors (Lipinski definition) is 1. The maximum Gasteiger partial charge on any atom is 0.131 e. The van der Waals surface area contributed by atoms with Gasteiger partial charge in [-0.05, 0) is 0 Å². The highest BCUT2D eigenvalue weighted by Gasteiger charge is 2.03. The molecule has 1 atom stereocenters. The molecule has 0 aromatic rings. The molecule has 0 aromatic heterocycles. The maximum atomic E-state index is 9.76. The van der Waals surface area contributed by atoms with Gasteiger partial charge in [0, 0.05) is 0 Å². The first-order valence-corrected chi connectivity index (χ1v) is 2.16. The number of hydrogen-bond acceptors (Lipinski definition) is 3. The van der Waals surface area contributed by atoms with Gasteiger partial charge in [-0.3, -0.25) is 0 Å². The molecule has 0 spiro atoms. The van der Waals surface area contributed by atoms with Crippen molar-refractivity contribution in [2.75, 3.05) is 0 Å². The number of aliphatic carboxylic acids is 1. The van der Waals surface area contributed by atoms with Crippen LogP contribution in [0.5, 0.6) is 0 Å². The van der Waals surface area contributed by atoms with Crippen molar-refractivity contribution in [2.45, 2.75) is 12.5 Å². The maximum absolute atomic E-state index is 9.76. The molecule has 0 fully saturated rings. The predicted molar refractivity (Wildman–Crippen MR) is 22.4 cm³/mol. The van der Waals surface area contributed by atoms with Crippen LogP contribution >= 0.6 is 0 Å². The molecule has 0 amide bonds. The van der Waals surface area contributed by atoms with E-state index in [-0.39, 0.29) is 6.42 Å². The fourth-order valence-corrected chi connectivity index (χ4v) is 0.212. The standard InChI is InChI=1S/C4H7NO3/c5-3(1-2-6)4(7)8/h2-3H,1,5H2,(H,7,8). The fourth-order valence-electron chi connectivity index (χ4n) is 0.212. The van der Waals surface area contributed by atoms with Gasteiger partial charge in [-0.25, -0.2) is 0 Å². The van der Waals surface area contributed by atoms with Crippen LogP contribution in [-0.4, -0.2) is 18.3 Å². The largest absolute Gasteiger partial charge is 0.544 e. The number of carbonyl (C=O) groups is 2. The van der Waals surface area contributed by atoms with Crippen LogP contribution in [0.2, 0.25) is 0 Å². The highest BCUT2D eigenvalue weighted by atomic mass is 16.4. The molecule has 4 nitrogen and oxygen atoms in total. The van der Waals surface area contributed by atoms with Crippen LogP contribution < -0.4 is 10.8 Å². The molecule has 0 bridgehead atoms. The van der Waals surface area contributed by atoms with Crippen LogP contribution in [0.3, 0.4) is 0 Å². The van der Waals surface area contributed by atoms with Gasteiger partial charge in [-0.2, -0.15) is 0 Å². The Labute approximate surface area is 46.3 Å². The summed E-state index contributed by atoms with van der Waals surface area (Å²) >= 11 is 0. The van der Waals surface area contributed by atoms with E-state index in [4.69, 9.17) is 0 Å². The van der Waals surface area contributed by atoms with Crippen molar-refractivity contribution in [1.82, 2.24) is 0 Å². The Balaban J connectivity index is 3.46. The zero-order valence-electron chi connectivity index (χ0n) is 4.29. The van der Waals surface area contributed by atoms with Crippen molar-refractivity contribution in [3.8, 4) is 0 Å². The lowest BCUT2D eigenvalue weighted by molar-refractivity contribution is -0.435. The summed E-state index contributed by atoms with van der Waals surface area (Å²) in [6.45, 7) is 0. The Morgan fingerprint density at radius 1 is 1.88 bits per heavy atom. The molecule has 46 valence electrons. The predicted octanol–water partition coefficient (Wildman–Crippen LogP) is -3.06. The second-order valence-corrected chi connectivity index (χ2v) is 1.42. The number of carbonyl (C=O) groups excluding carboxylic acids is 2. The third-order valence-electron chi connectivity index (χ3n) is 0.714. The molecule has 0 rings (SSSR count). The van der Waals surface area contributed by atoms with Gasteiger partial charge in [0.15, 0.2) is 0 Å². The zero-order valence-corrected chi connectivity index (χ0v) is 4.29. The summed E-state index contributed by atoms with van der Waals surface area (Å²) < 4.78 is 0. The van der Waals surface area contributed by atoms with E-state index in [1.54, 1.807) is 0 Å². The molecule has 4 heteroatoms. The monoisotopic (exact) mass is 117 g/mol. The Morgan fingerprint density at radius 3 is 2.50 bits per heavy atom. The summed E-state index contributed by atoms with van der Waals surface area (Å²) in [6.07, 6.45) is 0.440. The molecule has 0 radical (unpaired) electrons. The third-order valence-corrected chi connectivity index (χ3v) is 0.714. The molecule has 0 saturated carbocycles. The quantitative estimate of drug-likeness (QED) is 0.398. The van der Waals surface area contributed by atoms with Gasteiger partial charge in [-0.15, -0.1) is 0 Å². The van der Waals surface area contributed by atoms with Gasteiger partial charge >= 0.3 is 0 Å². The Morgan fingerprint density at radius 2 is 2.38 bits per heavy atom. The van der Waals surface area contributed by atoms with E-state index in [9.17, 15) is 14.7 Å². The Bertz CT molecular complexity index is 101. The van der Waals surface area contributed by atoms with Gasteiger partial charge in [0.2, 0.25) is 0 Å². The number of rotatable bonds is 3. The Hall–Kier alpha value is -0.900. The Kier molecular flexibility index (Phi) is 2.79. The molecule has 0 heterocycles. The highest BCUT2D eigenvalue weighted by molar-refractivity contribution is 5.73. The third kappa shape index (κ3) is 2.30. The molecule has 8 heavy (non-hydrogen) atoms. The lowest BCUT2D eigenvalue weighted by atomic mass is 10.2. The molecule has 0 aliphatic rings. The smallest absolute Gasteiger partial charge is 0.131 e. The van der Waals surface area contributed by atoms with Gasteiger partial charge in [0.25, 0.3) is 0 Å². The average Bonchev–Trinajstić information content (AvgIpc) is 1.67. The second kappa shape index (κ2) is 3.15. The van der Waals surface area contributed by atoms with E-state index >= 15 is 0 Å². The van der Waals surface area contributed by atoms with Crippen LogP contribution in [-0.2, 0) is 9.59 Å². The van der Waals surface area contributed by atoms with Crippen LogP contribution in [0.25, 0.3) is 0 Å². The summed E-state index contributed by atoms with van der Waals surface area (Å²) in [5.41, 5.74) is 3.13. The van der Waals surface area contributed by atoms with E-state index in [1.165, 1.54) is 0 Å². The van der Waals surface area contributed by atoms with E-state index < -0.39 is 12.0 Å². The van der Waals surface area contributed by atoms with E-state index in [2.05, 4.69) is 5.73 Å². The van der Waals surface area contributed by atoms with Gasteiger partial charge < -0.3 is 20.4 Å². The molecule has 1 unspecified atom stereocenters. The summed E-state index contributed by atoms with van der Waals surface area (Å²) in [7, 11) is 0. The normalized spacial score (nSPS) is 12.6. The van der Waals surface area contributed by atoms with Crippen LogP contribution in [0.15, 0.2) is 0 Å². The molecular formula is C4H7NO3. The molecule has 0 aliphatic heterocycles. The molecule has 0 aromatic carbocycles. The SMILES string of the molecule is [NH3+]C(CC=O)C(=O)[O-]. The van der Waals surface area contributed by atoms with Crippen LogP contribution in [0.1, 0.15) is 6.42 Å². The first-order chi connectivity index (χ1) is 3.68. The van der Waals surface area contributed by atoms with Crippen molar-refractivity contribution in [1.29, 1.82) is 0 Å². The van der Waals surface area contributed by atoms with E-state index in [1.807, 2.05) is 0 Å². The molecular weight excluding hydrogens is 110 g/mol. The summed E-state index contributed by atoms with van der Waals surface area (Å²) in [5, 5.41) is 9.76. The number of aldehydes is 1. The minimum atomic E-state index is -1.28. The van der Waals surface area contributed by atoms with Crippen molar-refractivity contribution in [3.05, 3.63) is 0 Å². The molecule has 3 N–H and O–H groups in total. The lowest BCUT2D eigenvalue weighted by Gasteiger charge is -2.02. The topological polar surface area (TPSA) is 84.8 Å². The van der Waals surface area contributed by atoms with E-state index in [0.29, 0.717) is 6.29 Å². The van der Waals surface area contributed by atoms with Gasteiger partial charge in [0.05, 0.1) is 12.4 Å². The highest BCUT2D eigenvalue weighted by Crippen LogP contribution is 1.74. The van der Waals surface area contributed by atoms with Gasteiger partial charge in [0.1, 0.15) is 12.3 Å². The van der Waals surface area contributed by atoms with Crippen molar-refractivity contribution >= 4 is 12.3 Å². The van der Waals surface area contributed by atoms with Crippen LogP contribution in [0.4, 0.5) is 0 Å². The van der Waals surface area contributed by atoms with Crippen molar-refractivity contribution in [3.63, 3.8) is 0 Å². The zero-order chi connectivity index (χ0) is 6.57. The molecule has 0 saturated heterocycles. The first kappa shape index (κ1) is 7.10. The minimum Gasteiger partial charge on any atom is -0.544 e. The fraction of sp³-hybridized carbons (Fsp3) is 0.500. The van der Waals surface area contributed by atoms with Gasteiger partial charge in [-0.1, -0.05) is 0 Å². The van der Waals surface area contributed by atoms with Crippen molar-refractivity contribution < 1.29 is 20.4 Å². The average molecular weight is 117 g/mol. The van der Waals surface area contributed by atoms with E-state index in [0.717, 1.165) is 0 Å². The van der Waals surface area contributed by atoms with Crippen molar-refractivity contribution in [2.24, 2.45) is 0 Å². The number of carboxylic acid groups (broad SMARTS) is 1. The van der Waals surface area contributed by atoms with Crippen LogP contribution in [0, 0.1) is 0 Å². The first-order valence-electron chi connectivity index (χ1n) is 2.16. The number of quaternary nitrogens is 1. The lowest BCUT2D eigenvalue weighted by Crippen LogP contribution is -2.68.